The van der Waals surface area contributed by atoms with E-state index in [9.17, 15) is 38.4 Å². The quantitative estimate of drug-likeness (QED) is 0.242. The van der Waals surface area contributed by atoms with Crippen molar-refractivity contribution in [2.24, 2.45) is 0 Å². The Kier molecular flexibility index (Phi) is 10.9. The molecular weight excluding hydrogens is 556 g/mol. The predicted molar refractivity (Wildman–Crippen MR) is 130 cm³/mol. The fourth-order valence-electron chi connectivity index (χ4n) is 4.25. The Balaban J connectivity index is 2.91. The zero-order chi connectivity index (χ0) is 31.1. The number of aromatic amines is 1. The highest BCUT2D eigenvalue weighted by atomic mass is 16.7. The predicted octanol–water partition coefficient (Wildman–Crippen LogP) is -1.56. The fraction of sp³-hybridized carbons (Fsp3) is 0.583. The molecule has 0 amide bonds. The van der Waals surface area contributed by atoms with Gasteiger partial charge in [-0.05, 0) is 0 Å². The molecule has 0 unspecified atom stereocenters. The Hall–Kier alpha value is -4.54. The van der Waals surface area contributed by atoms with Crippen LogP contribution in [-0.4, -0.2) is 89.6 Å². The van der Waals surface area contributed by atoms with Crippen LogP contribution in [0.1, 0.15) is 41.0 Å². The molecule has 1 N–H and O–H groups in total. The van der Waals surface area contributed by atoms with E-state index in [1.165, 1.54) is 0 Å². The van der Waals surface area contributed by atoms with Gasteiger partial charge in [0.2, 0.25) is 0 Å². The standard InChI is InChI=1S/C24H30N2O15/c1-11(27)36-10-17(38-13(3)29)20(40-15(5)31)21-19(39-14(4)30)16(37-12(2)28)9-24(41-21,22(33)35-6)26-8-7-18(32)25-23(26)34/h7-8,16-17,19-21H,9-10H2,1-6H3,(H,25,32,34)/t16-,17+,19+,20+,21+,24+/m0/s1. The maximum Gasteiger partial charge on any atom is 0.360 e. The summed E-state index contributed by atoms with van der Waals surface area (Å²) in [6.45, 7) is 4.31. The first-order chi connectivity index (χ1) is 19.1. The maximum atomic E-state index is 13.3. The van der Waals surface area contributed by atoms with Crippen molar-refractivity contribution < 1.29 is 61.9 Å². The molecule has 0 saturated carbocycles. The average molecular weight is 587 g/mol. The third kappa shape index (κ3) is 8.23. The molecule has 17 nitrogen and oxygen atoms in total. The van der Waals surface area contributed by atoms with Crippen molar-refractivity contribution in [2.75, 3.05) is 13.7 Å². The van der Waals surface area contributed by atoms with Crippen molar-refractivity contribution in [2.45, 2.75) is 77.3 Å². The molecule has 2 heterocycles. The number of aromatic nitrogens is 2. The second kappa shape index (κ2) is 13.7. The molecule has 17 heteroatoms. The Bertz CT molecular complexity index is 1300. The number of nitrogens with zero attached hydrogens (tertiary/aromatic N) is 1. The SMILES string of the molecule is COC(=O)[C@@]1(n2ccc(=O)[nH]c2=O)C[C@H](OC(C)=O)[C@@H](OC(C)=O)[C@H]([C@H](OC(C)=O)[C@@H](COC(C)=O)OC(C)=O)O1. The normalized spacial score (nSPS) is 23.2. The lowest BCUT2D eigenvalue weighted by Gasteiger charge is -2.48. The molecule has 1 aromatic heterocycles. The van der Waals surface area contributed by atoms with Gasteiger partial charge < -0.3 is 33.2 Å². The molecule has 226 valence electrons. The molecule has 1 fully saturated rings. The molecule has 0 spiro atoms. The number of carbonyl (C=O) groups is 6. The molecule has 41 heavy (non-hydrogen) atoms. The number of esters is 6. The van der Waals surface area contributed by atoms with Crippen LogP contribution in [0.4, 0.5) is 0 Å². The number of hydrogen-bond acceptors (Lipinski definition) is 15. The van der Waals surface area contributed by atoms with E-state index in [1.54, 1.807) is 0 Å². The number of ether oxygens (including phenoxy) is 7. The van der Waals surface area contributed by atoms with Crippen LogP contribution < -0.4 is 11.2 Å². The monoisotopic (exact) mass is 586 g/mol. The lowest BCUT2D eigenvalue weighted by Crippen LogP contribution is -2.67. The zero-order valence-corrected chi connectivity index (χ0v) is 23.0. The van der Waals surface area contributed by atoms with E-state index >= 15 is 0 Å². The Labute approximate surface area is 231 Å². The summed E-state index contributed by atoms with van der Waals surface area (Å²) in [5, 5.41) is 0. The van der Waals surface area contributed by atoms with Gasteiger partial charge in [-0.25, -0.2) is 9.59 Å². The van der Waals surface area contributed by atoms with Gasteiger partial charge in [0.25, 0.3) is 11.3 Å². The number of nitrogens with one attached hydrogen (secondary N) is 1. The van der Waals surface area contributed by atoms with Crippen LogP contribution in [0.3, 0.4) is 0 Å². The van der Waals surface area contributed by atoms with E-state index in [0.29, 0.717) is 4.57 Å². The number of carbonyl (C=O) groups excluding carboxylic acids is 6. The van der Waals surface area contributed by atoms with Gasteiger partial charge >= 0.3 is 41.5 Å². The van der Waals surface area contributed by atoms with E-state index < -0.39 is 96.3 Å². The highest BCUT2D eigenvalue weighted by Crippen LogP contribution is 2.39. The first-order valence-electron chi connectivity index (χ1n) is 12.0. The maximum absolute atomic E-state index is 13.3. The second-order valence-electron chi connectivity index (χ2n) is 8.79. The summed E-state index contributed by atoms with van der Waals surface area (Å²) < 4.78 is 37.9. The van der Waals surface area contributed by atoms with E-state index in [-0.39, 0.29) is 0 Å². The van der Waals surface area contributed by atoms with Crippen molar-refractivity contribution in [1.82, 2.24) is 9.55 Å². The van der Waals surface area contributed by atoms with E-state index in [4.69, 9.17) is 33.2 Å². The average Bonchev–Trinajstić information content (AvgIpc) is 2.84. The number of methoxy groups -OCH3 is 1. The first kappa shape index (κ1) is 32.7. The van der Waals surface area contributed by atoms with Crippen molar-refractivity contribution in [3.05, 3.63) is 33.1 Å². The smallest absolute Gasteiger partial charge is 0.360 e. The fourth-order valence-corrected chi connectivity index (χ4v) is 4.25. The molecule has 0 aliphatic carbocycles. The highest BCUT2D eigenvalue weighted by Gasteiger charge is 2.60. The van der Waals surface area contributed by atoms with E-state index in [0.717, 1.165) is 54.0 Å². The summed E-state index contributed by atoms with van der Waals surface area (Å²) in [6, 6.07) is 0.884. The van der Waals surface area contributed by atoms with Crippen LogP contribution in [0.15, 0.2) is 21.9 Å². The summed E-state index contributed by atoms with van der Waals surface area (Å²) >= 11 is 0. The Morgan fingerprint density at radius 2 is 1.56 bits per heavy atom. The third-order valence-electron chi connectivity index (χ3n) is 5.60. The van der Waals surface area contributed by atoms with Crippen LogP contribution in [0, 0.1) is 0 Å². The molecule has 1 aliphatic heterocycles. The molecule has 2 rings (SSSR count). The van der Waals surface area contributed by atoms with Crippen molar-refractivity contribution in [3.63, 3.8) is 0 Å². The minimum atomic E-state index is -2.54. The summed E-state index contributed by atoms with van der Waals surface area (Å²) in [4.78, 5) is 99.9. The molecule has 0 bridgehead atoms. The minimum Gasteiger partial charge on any atom is -0.465 e. The summed E-state index contributed by atoms with van der Waals surface area (Å²) in [6.07, 6.45) is -8.38. The van der Waals surface area contributed by atoms with Crippen LogP contribution in [-0.2, 0) is 67.7 Å². The summed E-state index contributed by atoms with van der Waals surface area (Å²) in [5.41, 5.74) is -4.53. The number of hydrogen-bond donors (Lipinski definition) is 1. The molecule has 0 aromatic carbocycles. The lowest BCUT2D eigenvalue weighted by molar-refractivity contribution is -0.287. The number of H-pyrrole nitrogens is 1. The van der Waals surface area contributed by atoms with Gasteiger partial charge in [-0.15, -0.1) is 0 Å². The molecule has 1 aromatic rings. The molecule has 1 aliphatic rings. The molecular formula is C24H30N2O15. The van der Waals surface area contributed by atoms with Crippen LogP contribution in [0.5, 0.6) is 0 Å². The molecule has 1 saturated heterocycles. The second-order valence-corrected chi connectivity index (χ2v) is 8.79. The Morgan fingerprint density at radius 1 is 0.951 bits per heavy atom. The van der Waals surface area contributed by atoms with Gasteiger partial charge in [0, 0.05) is 53.3 Å². The van der Waals surface area contributed by atoms with Gasteiger partial charge in [0.15, 0.2) is 18.3 Å². The number of rotatable bonds is 10. The summed E-state index contributed by atoms with van der Waals surface area (Å²) in [5.74, 6) is -5.82. The van der Waals surface area contributed by atoms with Gasteiger partial charge in [0.1, 0.15) is 18.8 Å². The van der Waals surface area contributed by atoms with Crippen molar-refractivity contribution >= 4 is 35.8 Å². The van der Waals surface area contributed by atoms with Crippen molar-refractivity contribution in [3.8, 4) is 0 Å². The van der Waals surface area contributed by atoms with Crippen molar-refractivity contribution in [1.29, 1.82) is 0 Å². The largest absolute Gasteiger partial charge is 0.465 e. The highest BCUT2D eigenvalue weighted by molar-refractivity contribution is 5.78. The van der Waals surface area contributed by atoms with Gasteiger partial charge in [-0.3, -0.25) is 38.3 Å². The third-order valence-corrected chi connectivity index (χ3v) is 5.60. The van der Waals surface area contributed by atoms with Crippen LogP contribution in [0.25, 0.3) is 0 Å². The van der Waals surface area contributed by atoms with Crippen LogP contribution >= 0.6 is 0 Å². The van der Waals surface area contributed by atoms with Gasteiger partial charge in [-0.2, -0.15) is 0 Å². The van der Waals surface area contributed by atoms with E-state index in [1.807, 2.05) is 4.98 Å². The minimum absolute atomic E-state index is 0.630. The molecule has 6 atom stereocenters. The van der Waals surface area contributed by atoms with Crippen LogP contribution in [0.2, 0.25) is 0 Å². The Morgan fingerprint density at radius 3 is 2.05 bits per heavy atom. The zero-order valence-electron chi connectivity index (χ0n) is 23.0. The first-order valence-corrected chi connectivity index (χ1v) is 12.0. The van der Waals surface area contributed by atoms with Gasteiger partial charge in [0.05, 0.1) is 7.11 Å². The topological polar surface area (TPSA) is 222 Å². The summed E-state index contributed by atoms with van der Waals surface area (Å²) in [7, 11) is 0.948. The molecule has 0 radical (unpaired) electrons. The van der Waals surface area contributed by atoms with E-state index in [2.05, 4.69) is 0 Å². The van der Waals surface area contributed by atoms with Gasteiger partial charge in [-0.1, -0.05) is 0 Å². The lowest BCUT2D eigenvalue weighted by atomic mass is 9.88.